The van der Waals surface area contributed by atoms with Crippen molar-refractivity contribution in [1.29, 1.82) is 5.41 Å². The van der Waals surface area contributed by atoms with Gasteiger partial charge >= 0.3 is 0 Å². The molecular formula is C30H38Cl2N6O. The van der Waals surface area contributed by atoms with Gasteiger partial charge in [-0.2, -0.15) is 0 Å². The zero-order valence-corrected chi connectivity index (χ0v) is 24.3. The molecule has 2 heterocycles. The number of benzene rings is 2. The molecule has 1 saturated carbocycles. The van der Waals surface area contributed by atoms with E-state index in [0.29, 0.717) is 51.8 Å². The van der Waals surface area contributed by atoms with E-state index in [-0.39, 0.29) is 11.6 Å². The van der Waals surface area contributed by atoms with Crippen LogP contribution in [0.15, 0.2) is 47.5 Å². The zero-order chi connectivity index (χ0) is 27.5. The standard InChI is InChI=1S/C30H38Cl2N6O/c1-20-18-36(15-13-34-20)30(33)38(21(2)22-6-4-3-5-7-22)25-10-11-26-28(17-25)35-19-37(29(26)39)14-12-23-8-9-24(31)16-27(23)32/h8-11,16-17,19-22,33-34H,3-7,12-15,18H2,1-2H3/t20-,21-/m0/s1. The summed E-state index contributed by atoms with van der Waals surface area (Å²) in [5.74, 6) is 1.07. The molecule has 0 bridgehead atoms. The van der Waals surface area contributed by atoms with Gasteiger partial charge in [-0.25, -0.2) is 4.98 Å². The lowest BCUT2D eigenvalue weighted by atomic mass is 9.84. The lowest BCUT2D eigenvalue weighted by Gasteiger charge is -2.43. The van der Waals surface area contributed by atoms with Gasteiger partial charge in [-0.15, -0.1) is 0 Å². The van der Waals surface area contributed by atoms with Crippen molar-refractivity contribution in [3.05, 3.63) is 68.7 Å². The van der Waals surface area contributed by atoms with Gasteiger partial charge in [0.1, 0.15) is 0 Å². The molecule has 0 amide bonds. The van der Waals surface area contributed by atoms with Gasteiger partial charge < -0.3 is 15.1 Å². The summed E-state index contributed by atoms with van der Waals surface area (Å²) < 4.78 is 1.64. The van der Waals surface area contributed by atoms with E-state index in [1.807, 2.05) is 30.3 Å². The third kappa shape index (κ3) is 6.26. The van der Waals surface area contributed by atoms with Crippen molar-refractivity contribution in [3.8, 4) is 0 Å². The van der Waals surface area contributed by atoms with E-state index in [2.05, 4.69) is 33.9 Å². The number of hydrogen-bond donors (Lipinski definition) is 2. The minimum atomic E-state index is -0.0745. The maximum Gasteiger partial charge on any atom is 0.261 e. The van der Waals surface area contributed by atoms with Crippen LogP contribution in [0.2, 0.25) is 10.0 Å². The van der Waals surface area contributed by atoms with Crippen LogP contribution in [-0.2, 0) is 13.0 Å². The molecule has 7 nitrogen and oxygen atoms in total. The molecule has 2 fully saturated rings. The number of nitrogens with one attached hydrogen (secondary N) is 2. The number of aryl methyl sites for hydroxylation is 2. The predicted molar refractivity (Wildman–Crippen MR) is 161 cm³/mol. The molecule has 1 aliphatic heterocycles. The molecule has 1 aromatic heterocycles. The highest BCUT2D eigenvalue weighted by atomic mass is 35.5. The minimum absolute atomic E-state index is 0.0745. The van der Waals surface area contributed by atoms with Crippen LogP contribution < -0.4 is 15.8 Å². The van der Waals surface area contributed by atoms with Crippen molar-refractivity contribution in [1.82, 2.24) is 19.8 Å². The van der Waals surface area contributed by atoms with E-state index < -0.39 is 0 Å². The maximum absolute atomic E-state index is 13.4. The number of rotatable bonds is 6. The molecule has 0 radical (unpaired) electrons. The van der Waals surface area contributed by atoms with Crippen LogP contribution in [0, 0.1) is 11.3 Å². The maximum atomic E-state index is 13.4. The molecule has 0 spiro atoms. The summed E-state index contributed by atoms with van der Waals surface area (Å²) in [6, 6.07) is 11.8. The molecule has 1 saturated heterocycles. The number of nitrogens with zero attached hydrogens (tertiary/aromatic N) is 4. The van der Waals surface area contributed by atoms with Crippen molar-refractivity contribution in [2.45, 2.75) is 71.0 Å². The highest BCUT2D eigenvalue weighted by Gasteiger charge is 2.31. The van der Waals surface area contributed by atoms with E-state index in [0.717, 1.165) is 30.9 Å². The summed E-state index contributed by atoms with van der Waals surface area (Å²) in [6.07, 6.45) is 8.41. The normalized spacial score (nSPS) is 19.3. The Kier molecular flexibility index (Phi) is 8.79. The van der Waals surface area contributed by atoms with Gasteiger partial charge in [0.15, 0.2) is 5.96 Å². The fraction of sp³-hybridized carbons (Fsp3) is 0.500. The lowest BCUT2D eigenvalue weighted by molar-refractivity contribution is 0.282. The monoisotopic (exact) mass is 568 g/mol. The van der Waals surface area contributed by atoms with Gasteiger partial charge in [0.2, 0.25) is 0 Å². The first kappa shape index (κ1) is 27.9. The summed E-state index contributed by atoms with van der Waals surface area (Å²) in [5, 5.41) is 14.5. The Morgan fingerprint density at radius 1 is 1.18 bits per heavy atom. The van der Waals surface area contributed by atoms with Crippen LogP contribution >= 0.6 is 23.2 Å². The summed E-state index contributed by atoms with van der Waals surface area (Å²) >= 11 is 12.4. The van der Waals surface area contributed by atoms with Gasteiger partial charge in [-0.1, -0.05) is 48.5 Å². The third-order valence-electron chi connectivity index (χ3n) is 8.36. The topological polar surface area (TPSA) is 77.2 Å². The summed E-state index contributed by atoms with van der Waals surface area (Å²) in [6.45, 7) is 7.39. The smallest absolute Gasteiger partial charge is 0.261 e. The van der Waals surface area contributed by atoms with E-state index in [1.165, 1.54) is 32.1 Å². The second-order valence-corrected chi connectivity index (χ2v) is 11.9. The summed E-state index contributed by atoms with van der Waals surface area (Å²) in [7, 11) is 0. The predicted octanol–water partition coefficient (Wildman–Crippen LogP) is 5.95. The summed E-state index contributed by atoms with van der Waals surface area (Å²) in [4.78, 5) is 22.4. The molecule has 2 aliphatic rings. The number of piperazine rings is 1. The fourth-order valence-corrected chi connectivity index (χ4v) is 6.58. The van der Waals surface area contributed by atoms with Crippen molar-refractivity contribution >= 4 is 45.8 Å². The SMILES string of the molecule is C[C@H]1CN(C(=N)N(c2ccc3c(=O)n(CCc4ccc(Cl)cc4Cl)cnc3c2)[C@@H](C)C2CCCCC2)CCN1. The Hall–Kier alpha value is -2.61. The van der Waals surface area contributed by atoms with E-state index in [1.54, 1.807) is 17.0 Å². The van der Waals surface area contributed by atoms with Crippen LogP contribution in [0.25, 0.3) is 10.9 Å². The number of anilines is 1. The third-order valence-corrected chi connectivity index (χ3v) is 8.95. The van der Waals surface area contributed by atoms with Gasteiger partial charge in [-0.3, -0.25) is 14.8 Å². The zero-order valence-electron chi connectivity index (χ0n) is 22.8. The average molecular weight is 570 g/mol. The Morgan fingerprint density at radius 3 is 2.72 bits per heavy atom. The molecule has 9 heteroatoms. The van der Waals surface area contributed by atoms with Crippen molar-refractivity contribution in [2.75, 3.05) is 24.5 Å². The van der Waals surface area contributed by atoms with E-state index >= 15 is 0 Å². The lowest BCUT2D eigenvalue weighted by Crippen LogP contribution is -2.57. The number of aromatic nitrogens is 2. The number of hydrogen-bond acceptors (Lipinski definition) is 4. The molecule has 39 heavy (non-hydrogen) atoms. The number of guanidine groups is 1. The Labute approximate surface area is 240 Å². The number of halogens is 2. The van der Waals surface area contributed by atoms with Crippen LogP contribution in [0.4, 0.5) is 5.69 Å². The second-order valence-electron chi connectivity index (χ2n) is 11.1. The van der Waals surface area contributed by atoms with E-state index in [4.69, 9.17) is 23.2 Å². The molecule has 208 valence electrons. The average Bonchev–Trinajstić information content (AvgIpc) is 2.94. The first-order valence-corrected chi connectivity index (χ1v) is 14.9. The van der Waals surface area contributed by atoms with Crippen molar-refractivity contribution in [2.24, 2.45) is 5.92 Å². The van der Waals surface area contributed by atoms with Crippen LogP contribution in [0.3, 0.4) is 0 Å². The molecular weight excluding hydrogens is 531 g/mol. The number of fused-ring (bicyclic) bond motifs is 1. The molecule has 5 rings (SSSR count). The molecule has 3 aromatic rings. The summed E-state index contributed by atoms with van der Waals surface area (Å²) in [5.41, 5.74) is 2.45. The Bertz CT molecular complexity index is 1390. The highest BCUT2D eigenvalue weighted by molar-refractivity contribution is 6.35. The van der Waals surface area contributed by atoms with Gasteiger partial charge in [0, 0.05) is 54.0 Å². The van der Waals surface area contributed by atoms with Gasteiger partial charge in [0.25, 0.3) is 5.56 Å². The first-order chi connectivity index (χ1) is 18.8. The molecule has 0 unspecified atom stereocenters. The quantitative estimate of drug-likeness (QED) is 0.284. The van der Waals surface area contributed by atoms with Gasteiger partial charge in [0.05, 0.1) is 17.2 Å². The largest absolute Gasteiger partial charge is 0.340 e. The fourth-order valence-electron chi connectivity index (χ4n) is 6.08. The van der Waals surface area contributed by atoms with Crippen LogP contribution in [0.5, 0.6) is 0 Å². The molecule has 2 atom stereocenters. The van der Waals surface area contributed by atoms with Crippen LogP contribution in [-0.4, -0.2) is 52.1 Å². The Morgan fingerprint density at radius 2 is 1.97 bits per heavy atom. The van der Waals surface area contributed by atoms with Crippen LogP contribution in [0.1, 0.15) is 51.5 Å². The molecule has 2 N–H and O–H groups in total. The van der Waals surface area contributed by atoms with Crippen molar-refractivity contribution < 1.29 is 0 Å². The molecule has 1 aliphatic carbocycles. The van der Waals surface area contributed by atoms with E-state index in [9.17, 15) is 10.2 Å². The highest BCUT2D eigenvalue weighted by Crippen LogP contribution is 2.33. The van der Waals surface area contributed by atoms with Crippen molar-refractivity contribution in [3.63, 3.8) is 0 Å². The first-order valence-electron chi connectivity index (χ1n) is 14.1. The van der Waals surface area contributed by atoms with Gasteiger partial charge in [-0.05, 0) is 74.9 Å². The second kappa shape index (κ2) is 12.3. The molecule has 2 aromatic carbocycles. The minimum Gasteiger partial charge on any atom is -0.340 e. The Balaban J connectivity index is 1.43.